The first kappa shape index (κ1) is 11.0. The predicted molar refractivity (Wildman–Crippen MR) is 53.4 cm³/mol. The molecule has 0 aromatic carbocycles. The van der Waals surface area contributed by atoms with Crippen LogP contribution in [0.5, 0.6) is 0 Å². The molecule has 0 bridgehead atoms. The molecule has 1 rings (SSSR count). The number of carbonyl (C=O) groups excluding carboxylic acids is 1. The predicted octanol–water partition coefficient (Wildman–Crippen LogP) is 0.356. The summed E-state index contributed by atoms with van der Waals surface area (Å²) in [5.41, 5.74) is 0. The van der Waals surface area contributed by atoms with Crippen LogP contribution in [0.2, 0.25) is 0 Å². The van der Waals surface area contributed by atoms with Crippen molar-refractivity contribution in [2.24, 2.45) is 5.92 Å². The van der Waals surface area contributed by atoms with Gasteiger partial charge in [0.25, 0.3) is 0 Å². The molecule has 1 heterocycles. The highest BCUT2D eigenvalue weighted by molar-refractivity contribution is 5.79. The Morgan fingerprint density at radius 1 is 1.79 bits per heavy atom. The van der Waals surface area contributed by atoms with Gasteiger partial charge in [-0.3, -0.25) is 4.79 Å². The molecule has 1 fully saturated rings. The first-order valence-electron chi connectivity index (χ1n) is 5.01. The Morgan fingerprint density at radius 3 is 3.00 bits per heavy atom. The van der Waals surface area contributed by atoms with Gasteiger partial charge >= 0.3 is 0 Å². The molecule has 0 aliphatic carbocycles. The summed E-state index contributed by atoms with van der Waals surface area (Å²) < 4.78 is 0. The van der Waals surface area contributed by atoms with Gasteiger partial charge in [-0.15, -0.1) is 0 Å². The van der Waals surface area contributed by atoms with Crippen molar-refractivity contribution in [3.05, 3.63) is 0 Å². The molecular formula is C10H17N3O. The van der Waals surface area contributed by atoms with Crippen molar-refractivity contribution in [3.8, 4) is 6.07 Å². The van der Waals surface area contributed by atoms with E-state index in [0.29, 0.717) is 6.42 Å². The van der Waals surface area contributed by atoms with Gasteiger partial charge in [-0.25, -0.2) is 0 Å². The zero-order valence-electron chi connectivity index (χ0n) is 8.79. The van der Waals surface area contributed by atoms with Gasteiger partial charge in [0.2, 0.25) is 5.91 Å². The second kappa shape index (κ2) is 4.97. The normalized spacial score (nSPS) is 22.8. The maximum absolute atomic E-state index is 11.8. The highest BCUT2D eigenvalue weighted by Gasteiger charge is 2.27. The third-order valence-corrected chi connectivity index (χ3v) is 2.81. The van der Waals surface area contributed by atoms with E-state index < -0.39 is 0 Å². The second-order valence-corrected chi connectivity index (χ2v) is 3.85. The zero-order valence-corrected chi connectivity index (χ0v) is 8.79. The van der Waals surface area contributed by atoms with Gasteiger partial charge < -0.3 is 10.2 Å². The van der Waals surface area contributed by atoms with E-state index in [1.54, 1.807) is 11.9 Å². The molecule has 0 aromatic heterocycles. The van der Waals surface area contributed by atoms with Crippen molar-refractivity contribution in [1.29, 1.82) is 5.26 Å². The van der Waals surface area contributed by atoms with Crippen LogP contribution in [-0.4, -0.2) is 37.0 Å². The second-order valence-electron chi connectivity index (χ2n) is 3.85. The molecule has 1 aliphatic heterocycles. The summed E-state index contributed by atoms with van der Waals surface area (Å²) in [6.45, 7) is 3.61. The molecule has 4 heteroatoms. The molecule has 1 aliphatic rings. The van der Waals surface area contributed by atoms with Crippen LogP contribution in [-0.2, 0) is 4.79 Å². The van der Waals surface area contributed by atoms with Crippen LogP contribution < -0.4 is 5.32 Å². The van der Waals surface area contributed by atoms with Gasteiger partial charge in [-0.1, -0.05) is 0 Å². The van der Waals surface area contributed by atoms with Crippen LogP contribution in [0.4, 0.5) is 0 Å². The van der Waals surface area contributed by atoms with Gasteiger partial charge in [0.15, 0.2) is 0 Å². The molecule has 4 nitrogen and oxygen atoms in total. The summed E-state index contributed by atoms with van der Waals surface area (Å²) in [6, 6.07) is 2.11. The van der Waals surface area contributed by atoms with E-state index in [1.807, 2.05) is 6.92 Å². The minimum atomic E-state index is 0.0214. The lowest BCUT2D eigenvalue weighted by Gasteiger charge is -2.25. The first-order chi connectivity index (χ1) is 6.66. The molecule has 0 radical (unpaired) electrons. The van der Waals surface area contributed by atoms with Crippen molar-refractivity contribution < 1.29 is 4.79 Å². The van der Waals surface area contributed by atoms with Gasteiger partial charge in [0.1, 0.15) is 0 Å². The van der Waals surface area contributed by atoms with E-state index in [2.05, 4.69) is 11.4 Å². The number of hydrogen-bond donors (Lipinski definition) is 1. The fourth-order valence-electron chi connectivity index (χ4n) is 1.64. The topological polar surface area (TPSA) is 56.1 Å². The Bertz CT molecular complexity index is 240. The van der Waals surface area contributed by atoms with Gasteiger partial charge in [-0.2, -0.15) is 5.26 Å². The largest absolute Gasteiger partial charge is 0.342 e. The molecule has 0 aromatic rings. The number of nitrogens with zero attached hydrogens (tertiary/aromatic N) is 2. The van der Waals surface area contributed by atoms with E-state index in [-0.39, 0.29) is 17.9 Å². The molecule has 2 atom stereocenters. The lowest BCUT2D eigenvalue weighted by Crippen LogP contribution is -2.39. The van der Waals surface area contributed by atoms with Gasteiger partial charge in [-0.05, 0) is 19.9 Å². The van der Waals surface area contributed by atoms with Gasteiger partial charge in [0.05, 0.1) is 18.4 Å². The number of rotatable bonds is 3. The molecule has 14 heavy (non-hydrogen) atoms. The Morgan fingerprint density at radius 2 is 2.50 bits per heavy atom. The Kier molecular flexibility index (Phi) is 3.90. The fourth-order valence-corrected chi connectivity index (χ4v) is 1.64. The summed E-state index contributed by atoms with van der Waals surface area (Å²) in [5.74, 6) is 0.277. The molecule has 0 saturated carbocycles. The lowest BCUT2D eigenvalue weighted by atomic mass is 10.1. The van der Waals surface area contributed by atoms with Crippen molar-refractivity contribution in [3.63, 3.8) is 0 Å². The molecule has 1 amide bonds. The van der Waals surface area contributed by atoms with Crippen LogP contribution >= 0.6 is 0 Å². The SMILES string of the molecule is CC(CC#N)N(C)C(=O)C1CCNC1. The molecule has 78 valence electrons. The number of amides is 1. The van der Waals surface area contributed by atoms with E-state index in [1.165, 1.54) is 0 Å². The van der Waals surface area contributed by atoms with Crippen molar-refractivity contribution in [2.45, 2.75) is 25.8 Å². The number of hydrogen-bond acceptors (Lipinski definition) is 3. The Hall–Kier alpha value is -1.08. The number of nitriles is 1. The quantitative estimate of drug-likeness (QED) is 0.707. The maximum atomic E-state index is 11.8. The Labute approximate surface area is 84.9 Å². The van der Waals surface area contributed by atoms with Crippen molar-refractivity contribution >= 4 is 5.91 Å². The van der Waals surface area contributed by atoms with E-state index in [4.69, 9.17) is 5.26 Å². The third kappa shape index (κ3) is 2.46. The minimum Gasteiger partial charge on any atom is -0.342 e. The van der Waals surface area contributed by atoms with Crippen LogP contribution in [0.25, 0.3) is 0 Å². The van der Waals surface area contributed by atoms with Crippen LogP contribution in [0.15, 0.2) is 0 Å². The number of nitrogens with one attached hydrogen (secondary N) is 1. The van der Waals surface area contributed by atoms with Crippen LogP contribution in [0, 0.1) is 17.2 Å². The highest BCUT2D eigenvalue weighted by Crippen LogP contribution is 2.13. The summed E-state index contributed by atoms with van der Waals surface area (Å²) in [4.78, 5) is 13.5. The van der Waals surface area contributed by atoms with Crippen molar-refractivity contribution in [1.82, 2.24) is 10.2 Å². The summed E-state index contributed by atoms with van der Waals surface area (Å²) in [5, 5.41) is 11.7. The fraction of sp³-hybridized carbons (Fsp3) is 0.800. The Balaban J connectivity index is 2.47. The molecule has 1 saturated heterocycles. The average molecular weight is 195 g/mol. The minimum absolute atomic E-state index is 0.0214. The molecule has 2 unspecified atom stereocenters. The standard InChI is InChI=1S/C10H17N3O/c1-8(3-5-11)13(2)10(14)9-4-6-12-7-9/h8-9,12H,3-4,6-7H2,1-2H3. The summed E-state index contributed by atoms with van der Waals surface area (Å²) in [6.07, 6.45) is 1.32. The zero-order chi connectivity index (χ0) is 10.6. The van der Waals surface area contributed by atoms with E-state index in [9.17, 15) is 4.79 Å². The van der Waals surface area contributed by atoms with Crippen molar-refractivity contribution in [2.75, 3.05) is 20.1 Å². The smallest absolute Gasteiger partial charge is 0.227 e. The first-order valence-corrected chi connectivity index (χ1v) is 5.01. The summed E-state index contributed by atoms with van der Waals surface area (Å²) in [7, 11) is 1.78. The maximum Gasteiger partial charge on any atom is 0.227 e. The summed E-state index contributed by atoms with van der Waals surface area (Å²) >= 11 is 0. The monoisotopic (exact) mass is 195 g/mol. The lowest BCUT2D eigenvalue weighted by molar-refractivity contribution is -0.135. The highest BCUT2D eigenvalue weighted by atomic mass is 16.2. The van der Waals surface area contributed by atoms with E-state index >= 15 is 0 Å². The van der Waals surface area contributed by atoms with Crippen LogP contribution in [0.1, 0.15) is 19.8 Å². The van der Waals surface area contributed by atoms with Crippen LogP contribution in [0.3, 0.4) is 0 Å². The molecule has 1 N–H and O–H groups in total. The molecular weight excluding hydrogens is 178 g/mol. The third-order valence-electron chi connectivity index (χ3n) is 2.81. The molecule has 0 spiro atoms. The number of carbonyl (C=O) groups is 1. The average Bonchev–Trinajstić information content (AvgIpc) is 2.68. The van der Waals surface area contributed by atoms with E-state index in [0.717, 1.165) is 19.5 Å². The van der Waals surface area contributed by atoms with Gasteiger partial charge in [0, 0.05) is 19.6 Å².